The lowest BCUT2D eigenvalue weighted by Crippen LogP contribution is -2.24. The molecule has 9 heteroatoms. The third-order valence-electron chi connectivity index (χ3n) is 5.15. The zero-order chi connectivity index (χ0) is 23.5. The number of anilines is 2. The number of fused-ring (bicyclic) bond motifs is 1. The van der Waals surface area contributed by atoms with Crippen LogP contribution in [-0.4, -0.2) is 58.2 Å². The molecule has 33 heavy (non-hydrogen) atoms. The minimum absolute atomic E-state index is 0.0975. The third-order valence-corrected chi connectivity index (χ3v) is 5.41. The number of carbonyl (C=O) groups excluding carboxylic acids is 1. The van der Waals surface area contributed by atoms with Crippen LogP contribution in [0.4, 0.5) is 11.5 Å². The van der Waals surface area contributed by atoms with Crippen molar-refractivity contribution in [3.63, 3.8) is 0 Å². The number of benzene rings is 2. The normalized spacial score (nSPS) is 11.5. The van der Waals surface area contributed by atoms with Crippen molar-refractivity contribution in [1.82, 2.24) is 24.6 Å². The SMILES string of the molecule is CN(C)CC=CC(=O)N(C)c1ccc(-n2nc(-c3ccc(Cl)cc3)c3c(N)ncnc32)cc1. The highest BCUT2D eigenvalue weighted by Gasteiger charge is 2.18. The lowest BCUT2D eigenvalue weighted by Gasteiger charge is -2.16. The second kappa shape index (κ2) is 9.40. The lowest BCUT2D eigenvalue weighted by molar-refractivity contribution is -0.113. The second-order valence-electron chi connectivity index (χ2n) is 7.80. The van der Waals surface area contributed by atoms with E-state index in [1.165, 1.54) is 6.33 Å². The van der Waals surface area contributed by atoms with Crippen molar-refractivity contribution in [2.75, 3.05) is 38.3 Å². The van der Waals surface area contributed by atoms with E-state index in [0.29, 0.717) is 34.1 Å². The van der Waals surface area contributed by atoms with E-state index in [0.717, 1.165) is 16.9 Å². The number of hydrogen-bond acceptors (Lipinski definition) is 6. The van der Waals surface area contributed by atoms with Crippen LogP contribution in [-0.2, 0) is 4.79 Å². The molecule has 2 N–H and O–H groups in total. The Morgan fingerprint density at radius 3 is 2.42 bits per heavy atom. The van der Waals surface area contributed by atoms with E-state index >= 15 is 0 Å². The molecule has 0 bridgehead atoms. The van der Waals surface area contributed by atoms with Crippen molar-refractivity contribution in [2.45, 2.75) is 0 Å². The summed E-state index contributed by atoms with van der Waals surface area (Å²) in [5.74, 6) is 0.252. The number of nitrogens with two attached hydrogens (primary N) is 1. The Hall–Kier alpha value is -3.75. The molecule has 1 amide bonds. The molecule has 168 valence electrons. The Labute approximate surface area is 196 Å². The van der Waals surface area contributed by atoms with E-state index < -0.39 is 0 Å². The number of rotatable bonds is 6. The fraction of sp³-hybridized carbons (Fsp3) is 0.167. The summed E-state index contributed by atoms with van der Waals surface area (Å²) >= 11 is 6.04. The van der Waals surface area contributed by atoms with Gasteiger partial charge in [0, 0.05) is 35.9 Å². The molecular formula is C24H24ClN7O. The van der Waals surface area contributed by atoms with Gasteiger partial charge in [0.15, 0.2) is 5.65 Å². The maximum absolute atomic E-state index is 12.4. The first-order chi connectivity index (χ1) is 15.8. The third kappa shape index (κ3) is 4.72. The van der Waals surface area contributed by atoms with Gasteiger partial charge >= 0.3 is 0 Å². The Morgan fingerprint density at radius 2 is 1.76 bits per heavy atom. The van der Waals surface area contributed by atoms with Gasteiger partial charge in [-0.1, -0.05) is 29.8 Å². The van der Waals surface area contributed by atoms with Gasteiger partial charge in [0.25, 0.3) is 0 Å². The number of hydrogen-bond donors (Lipinski definition) is 1. The van der Waals surface area contributed by atoms with Gasteiger partial charge < -0.3 is 15.5 Å². The van der Waals surface area contributed by atoms with Crippen LogP contribution < -0.4 is 10.6 Å². The fourth-order valence-electron chi connectivity index (χ4n) is 3.39. The average molecular weight is 462 g/mol. The van der Waals surface area contributed by atoms with Crippen molar-refractivity contribution in [1.29, 1.82) is 0 Å². The maximum atomic E-state index is 12.4. The predicted octanol–water partition coefficient (Wildman–Crippen LogP) is 3.80. The topological polar surface area (TPSA) is 93.2 Å². The van der Waals surface area contributed by atoms with E-state index in [1.54, 1.807) is 34.8 Å². The Balaban J connectivity index is 1.69. The predicted molar refractivity (Wildman–Crippen MR) is 133 cm³/mol. The molecule has 0 saturated carbocycles. The lowest BCUT2D eigenvalue weighted by atomic mass is 10.1. The van der Waals surface area contributed by atoms with Crippen LogP contribution in [0.3, 0.4) is 0 Å². The van der Waals surface area contributed by atoms with E-state index in [-0.39, 0.29) is 5.91 Å². The first kappa shape index (κ1) is 22.4. The van der Waals surface area contributed by atoms with E-state index in [2.05, 4.69) is 9.97 Å². The Morgan fingerprint density at radius 1 is 1.06 bits per heavy atom. The van der Waals surface area contributed by atoms with Crippen molar-refractivity contribution in [3.8, 4) is 16.9 Å². The molecule has 0 saturated heterocycles. The van der Waals surface area contributed by atoms with Crippen molar-refractivity contribution in [2.24, 2.45) is 0 Å². The molecule has 0 radical (unpaired) electrons. The van der Waals surface area contributed by atoms with Gasteiger partial charge in [0.1, 0.15) is 17.8 Å². The average Bonchev–Trinajstić information content (AvgIpc) is 3.20. The number of aromatic nitrogens is 4. The summed E-state index contributed by atoms with van der Waals surface area (Å²) in [4.78, 5) is 24.6. The zero-order valence-electron chi connectivity index (χ0n) is 18.6. The molecule has 0 spiro atoms. The highest BCUT2D eigenvalue weighted by atomic mass is 35.5. The summed E-state index contributed by atoms with van der Waals surface area (Å²) in [6.07, 6.45) is 4.83. The quantitative estimate of drug-likeness (QED) is 0.439. The number of halogens is 1. The summed E-state index contributed by atoms with van der Waals surface area (Å²) in [6, 6.07) is 14.9. The minimum atomic E-state index is -0.0975. The summed E-state index contributed by atoms with van der Waals surface area (Å²) < 4.78 is 1.72. The van der Waals surface area contributed by atoms with E-state index in [1.807, 2.05) is 61.5 Å². The molecule has 8 nitrogen and oxygen atoms in total. The molecule has 2 aromatic heterocycles. The molecule has 2 heterocycles. The van der Waals surface area contributed by atoms with Crippen LogP contribution in [0.15, 0.2) is 67.0 Å². The molecule has 4 aromatic rings. The van der Waals surface area contributed by atoms with Crippen molar-refractivity contribution in [3.05, 3.63) is 72.0 Å². The monoisotopic (exact) mass is 461 g/mol. The van der Waals surface area contributed by atoms with Crippen LogP contribution >= 0.6 is 11.6 Å². The van der Waals surface area contributed by atoms with E-state index in [9.17, 15) is 4.79 Å². The minimum Gasteiger partial charge on any atom is -0.383 e. The van der Waals surface area contributed by atoms with Crippen LogP contribution in [0.2, 0.25) is 5.02 Å². The fourth-order valence-corrected chi connectivity index (χ4v) is 3.51. The van der Waals surface area contributed by atoms with Crippen LogP contribution in [0.25, 0.3) is 28.0 Å². The number of nitrogen functional groups attached to an aromatic ring is 1. The van der Waals surface area contributed by atoms with Gasteiger partial charge in [-0.2, -0.15) is 5.10 Å². The number of nitrogens with zero attached hydrogens (tertiary/aromatic N) is 6. The second-order valence-corrected chi connectivity index (χ2v) is 8.24. The largest absolute Gasteiger partial charge is 0.383 e. The van der Waals surface area contributed by atoms with Crippen LogP contribution in [0, 0.1) is 0 Å². The first-order valence-electron chi connectivity index (χ1n) is 10.3. The molecule has 0 aliphatic heterocycles. The highest BCUT2D eigenvalue weighted by Crippen LogP contribution is 2.32. The van der Waals surface area contributed by atoms with Crippen LogP contribution in [0.5, 0.6) is 0 Å². The standard InChI is InChI=1S/C24H24ClN7O/c1-30(2)14-4-5-20(33)31(3)18-10-12-19(13-11-18)32-24-21(23(26)27-15-28-24)22(29-32)16-6-8-17(25)9-7-16/h4-13,15H,14H2,1-3H3,(H2,26,27,28). The van der Waals surface area contributed by atoms with Crippen molar-refractivity contribution >= 4 is 40.0 Å². The Bertz CT molecular complexity index is 1310. The zero-order valence-corrected chi connectivity index (χ0v) is 19.4. The van der Waals surface area contributed by atoms with Crippen LogP contribution in [0.1, 0.15) is 0 Å². The summed E-state index contributed by atoms with van der Waals surface area (Å²) in [5, 5.41) is 6.09. The van der Waals surface area contributed by atoms with Gasteiger partial charge in [-0.3, -0.25) is 4.79 Å². The number of likely N-dealkylation sites (N-methyl/N-ethyl adjacent to an activating group) is 2. The summed E-state index contributed by atoms with van der Waals surface area (Å²) in [7, 11) is 5.65. The van der Waals surface area contributed by atoms with Gasteiger partial charge in [0.2, 0.25) is 5.91 Å². The molecule has 0 atom stereocenters. The van der Waals surface area contributed by atoms with Crippen molar-refractivity contribution < 1.29 is 4.79 Å². The molecule has 0 unspecified atom stereocenters. The molecular weight excluding hydrogens is 438 g/mol. The smallest absolute Gasteiger partial charge is 0.250 e. The van der Waals surface area contributed by atoms with Gasteiger partial charge in [0.05, 0.1) is 11.1 Å². The maximum Gasteiger partial charge on any atom is 0.250 e. The summed E-state index contributed by atoms with van der Waals surface area (Å²) in [5.41, 5.74) is 9.86. The molecule has 4 rings (SSSR count). The first-order valence-corrected chi connectivity index (χ1v) is 10.7. The number of carbonyl (C=O) groups is 1. The van der Waals surface area contributed by atoms with E-state index in [4.69, 9.17) is 22.4 Å². The molecule has 0 fully saturated rings. The van der Waals surface area contributed by atoms with Gasteiger partial charge in [-0.05, 0) is 50.5 Å². The highest BCUT2D eigenvalue weighted by molar-refractivity contribution is 6.30. The number of amides is 1. The molecule has 0 aliphatic rings. The van der Waals surface area contributed by atoms with Gasteiger partial charge in [-0.15, -0.1) is 0 Å². The molecule has 0 aliphatic carbocycles. The Kier molecular flexibility index (Phi) is 6.39. The molecule has 2 aromatic carbocycles. The van der Waals surface area contributed by atoms with Gasteiger partial charge in [-0.25, -0.2) is 14.6 Å². The summed E-state index contributed by atoms with van der Waals surface area (Å²) in [6.45, 7) is 0.700.